The summed E-state index contributed by atoms with van der Waals surface area (Å²) >= 11 is 1.54. The van der Waals surface area contributed by atoms with Crippen LogP contribution in [-0.4, -0.2) is 88.9 Å². The SMILES string of the molecule is CC[C@@H](CO)N1C(=O)[C@@H]2[C@H]3C(=O)N(c4ccccc4)CC=C[C@@]3(C)S[C@@]23C=CCN(Cn2nnc4ccccc42)C(=O)C13. The molecule has 2 aromatic carbocycles. The lowest BCUT2D eigenvalue weighted by molar-refractivity contribution is -0.146. The Kier molecular flexibility index (Phi) is 6.70. The summed E-state index contributed by atoms with van der Waals surface area (Å²) in [6.45, 7) is 4.52. The van der Waals surface area contributed by atoms with Crippen molar-refractivity contribution in [2.24, 2.45) is 11.8 Å². The molecule has 222 valence electrons. The average molecular weight is 599 g/mol. The van der Waals surface area contributed by atoms with Crippen molar-refractivity contribution in [3.05, 3.63) is 78.9 Å². The Morgan fingerprint density at radius 2 is 1.70 bits per heavy atom. The Morgan fingerprint density at radius 3 is 2.47 bits per heavy atom. The Bertz CT molecular complexity index is 1650. The van der Waals surface area contributed by atoms with E-state index in [-0.39, 0.29) is 31.0 Å². The predicted octanol–water partition coefficient (Wildman–Crippen LogP) is 2.85. The maximum atomic E-state index is 14.7. The van der Waals surface area contributed by atoms with E-state index in [0.29, 0.717) is 19.5 Å². The minimum Gasteiger partial charge on any atom is -0.394 e. The summed E-state index contributed by atoms with van der Waals surface area (Å²) in [6.07, 6.45) is 8.48. The highest BCUT2D eigenvalue weighted by Gasteiger charge is 2.74. The molecule has 0 radical (unpaired) electrons. The third kappa shape index (κ3) is 4.08. The van der Waals surface area contributed by atoms with Gasteiger partial charge >= 0.3 is 0 Å². The molecule has 10 nitrogen and oxygen atoms in total. The first-order valence-electron chi connectivity index (χ1n) is 14.7. The second-order valence-electron chi connectivity index (χ2n) is 11.9. The van der Waals surface area contributed by atoms with Crippen LogP contribution in [0.3, 0.4) is 0 Å². The van der Waals surface area contributed by atoms with Gasteiger partial charge in [0.2, 0.25) is 17.7 Å². The Morgan fingerprint density at radius 1 is 0.953 bits per heavy atom. The van der Waals surface area contributed by atoms with E-state index in [9.17, 15) is 19.5 Å². The molecule has 1 N–H and O–H groups in total. The van der Waals surface area contributed by atoms with Crippen LogP contribution in [0.1, 0.15) is 20.3 Å². The fourth-order valence-electron chi connectivity index (χ4n) is 7.47. The lowest BCUT2D eigenvalue weighted by Crippen LogP contribution is -2.56. The van der Waals surface area contributed by atoms with Crippen molar-refractivity contribution in [2.75, 3.05) is 24.6 Å². The Labute approximate surface area is 254 Å². The van der Waals surface area contributed by atoms with Crippen LogP contribution in [0.15, 0.2) is 78.9 Å². The molecule has 1 aromatic heterocycles. The highest BCUT2D eigenvalue weighted by atomic mass is 32.2. The molecule has 3 aromatic rings. The van der Waals surface area contributed by atoms with Gasteiger partial charge in [0.05, 0.1) is 34.7 Å². The number of thioether (sulfide) groups is 1. The molecule has 0 bridgehead atoms. The van der Waals surface area contributed by atoms with E-state index in [1.165, 1.54) is 0 Å². The van der Waals surface area contributed by atoms with E-state index < -0.39 is 33.4 Å². The molecule has 1 unspecified atom stereocenters. The Balaban J connectivity index is 1.32. The second-order valence-corrected chi connectivity index (χ2v) is 13.6. The predicted molar refractivity (Wildman–Crippen MR) is 164 cm³/mol. The minimum absolute atomic E-state index is 0.130. The quantitative estimate of drug-likeness (QED) is 0.435. The van der Waals surface area contributed by atoms with Gasteiger partial charge in [-0.25, -0.2) is 4.68 Å². The number of aliphatic hydroxyl groups excluding tert-OH is 1. The van der Waals surface area contributed by atoms with Crippen LogP contribution in [0.5, 0.6) is 0 Å². The first-order chi connectivity index (χ1) is 20.8. The first-order valence-corrected chi connectivity index (χ1v) is 15.6. The van der Waals surface area contributed by atoms with Crippen LogP contribution in [-0.2, 0) is 21.1 Å². The fourth-order valence-corrected chi connectivity index (χ4v) is 9.61. The van der Waals surface area contributed by atoms with Crippen LogP contribution in [0, 0.1) is 11.8 Å². The lowest BCUT2D eigenvalue weighted by atomic mass is 9.74. The molecule has 6 atom stereocenters. The van der Waals surface area contributed by atoms with Gasteiger partial charge in [-0.15, -0.1) is 16.9 Å². The summed E-state index contributed by atoms with van der Waals surface area (Å²) in [5.74, 6) is -2.08. The monoisotopic (exact) mass is 598 g/mol. The number of likely N-dealkylation sites (tertiary alicyclic amines) is 1. The standard InChI is InChI=1S/C32H34N6O4S/c1-3-21(19-39)38-27-30(42)35(20-37-24-14-8-7-13-23(24)33-34-37)17-10-16-32(27)26(29(38)41)25-28(40)36(22-11-5-4-6-12-22)18-9-15-31(25,2)43-32/h4-16,21,25-27,39H,3,17-20H2,1-2H3/t21-,25-,26-,27?,31+,32-/m0/s1. The van der Waals surface area contributed by atoms with Gasteiger partial charge in [0.25, 0.3) is 0 Å². The van der Waals surface area contributed by atoms with Gasteiger partial charge in [0.15, 0.2) is 0 Å². The number of rotatable bonds is 6. The maximum Gasteiger partial charge on any atom is 0.248 e. The van der Waals surface area contributed by atoms with Gasteiger partial charge in [0, 0.05) is 23.5 Å². The molecule has 11 heteroatoms. The number of nitrogens with zero attached hydrogens (tertiary/aromatic N) is 6. The summed E-state index contributed by atoms with van der Waals surface area (Å²) in [6, 6.07) is 15.6. The van der Waals surface area contributed by atoms with Gasteiger partial charge in [0.1, 0.15) is 18.2 Å². The molecule has 1 spiro atoms. The lowest BCUT2D eigenvalue weighted by Gasteiger charge is -2.39. The van der Waals surface area contributed by atoms with Crippen molar-refractivity contribution in [3.63, 3.8) is 0 Å². The Hall–Kier alpha value is -3.96. The van der Waals surface area contributed by atoms with Gasteiger partial charge in [-0.05, 0) is 37.6 Å². The average Bonchev–Trinajstić information content (AvgIpc) is 3.55. The van der Waals surface area contributed by atoms with Gasteiger partial charge < -0.3 is 19.8 Å². The molecular weight excluding hydrogens is 564 g/mol. The summed E-state index contributed by atoms with van der Waals surface area (Å²) in [7, 11) is 0. The number of para-hydroxylation sites is 2. The van der Waals surface area contributed by atoms with Gasteiger partial charge in [-0.2, -0.15) is 0 Å². The van der Waals surface area contributed by atoms with E-state index in [1.54, 1.807) is 31.1 Å². The van der Waals surface area contributed by atoms with Gasteiger partial charge in [-0.1, -0.05) is 66.8 Å². The van der Waals surface area contributed by atoms with E-state index in [1.807, 2.05) is 86.7 Å². The molecule has 0 saturated carbocycles. The molecule has 4 aliphatic rings. The highest BCUT2D eigenvalue weighted by Crippen LogP contribution is 2.66. The largest absolute Gasteiger partial charge is 0.394 e. The van der Waals surface area contributed by atoms with E-state index >= 15 is 0 Å². The van der Waals surface area contributed by atoms with Gasteiger partial charge in [-0.3, -0.25) is 14.4 Å². The number of carbonyl (C=O) groups excluding carboxylic acids is 3. The summed E-state index contributed by atoms with van der Waals surface area (Å²) in [4.78, 5) is 48.8. The van der Waals surface area contributed by atoms with Crippen molar-refractivity contribution in [1.82, 2.24) is 24.8 Å². The highest BCUT2D eigenvalue weighted by molar-refractivity contribution is 8.02. The summed E-state index contributed by atoms with van der Waals surface area (Å²) in [5, 5.41) is 19.0. The molecular formula is C32H34N6O4S. The topological polar surface area (TPSA) is 112 Å². The van der Waals surface area contributed by atoms with Crippen LogP contribution in [0.25, 0.3) is 11.0 Å². The van der Waals surface area contributed by atoms with Crippen molar-refractivity contribution in [3.8, 4) is 0 Å². The number of amides is 3. The zero-order valence-corrected chi connectivity index (χ0v) is 24.9. The van der Waals surface area contributed by atoms with Crippen molar-refractivity contribution >= 4 is 46.2 Å². The third-order valence-corrected chi connectivity index (χ3v) is 11.2. The normalized spacial score (nSPS) is 30.8. The number of fused-ring (bicyclic) bond motifs is 3. The molecule has 4 aliphatic heterocycles. The summed E-state index contributed by atoms with van der Waals surface area (Å²) < 4.78 is -0.0127. The molecule has 2 fully saturated rings. The van der Waals surface area contributed by atoms with Crippen LogP contribution >= 0.6 is 11.8 Å². The number of carbonyl (C=O) groups is 3. The van der Waals surface area contributed by atoms with Crippen LogP contribution in [0.2, 0.25) is 0 Å². The maximum absolute atomic E-state index is 14.7. The number of benzene rings is 2. The second kappa shape index (κ2) is 10.3. The van der Waals surface area contributed by atoms with Crippen molar-refractivity contribution < 1.29 is 19.5 Å². The smallest absolute Gasteiger partial charge is 0.248 e. The zero-order chi connectivity index (χ0) is 29.9. The molecule has 5 heterocycles. The zero-order valence-electron chi connectivity index (χ0n) is 24.1. The first kappa shape index (κ1) is 27.8. The van der Waals surface area contributed by atoms with Crippen LogP contribution < -0.4 is 4.90 Å². The van der Waals surface area contributed by atoms with E-state index in [0.717, 1.165) is 16.7 Å². The fraction of sp³-hybridized carbons (Fsp3) is 0.406. The minimum atomic E-state index is -0.991. The molecule has 3 amide bonds. The molecule has 43 heavy (non-hydrogen) atoms. The third-order valence-electron chi connectivity index (χ3n) is 9.45. The van der Waals surface area contributed by atoms with Crippen molar-refractivity contribution in [1.29, 1.82) is 0 Å². The molecule has 0 aliphatic carbocycles. The molecule has 7 rings (SSSR count). The number of hydrogen-bond donors (Lipinski definition) is 1. The van der Waals surface area contributed by atoms with Crippen molar-refractivity contribution in [2.45, 2.75) is 48.5 Å². The van der Waals surface area contributed by atoms with E-state index in [4.69, 9.17) is 0 Å². The number of aliphatic hydroxyl groups is 1. The number of anilines is 1. The molecule has 2 saturated heterocycles. The van der Waals surface area contributed by atoms with E-state index in [2.05, 4.69) is 16.4 Å². The number of aromatic nitrogens is 3. The number of hydrogen-bond acceptors (Lipinski definition) is 7. The summed E-state index contributed by atoms with van der Waals surface area (Å²) in [5.41, 5.74) is 2.30. The van der Waals surface area contributed by atoms with Crippen LogP contribution in [0.4, 0.5) is 5.69 Å².